The Hall–Kier alpha value is -2.39. The molecule has 1 N–H and O–H groups in total. The molecular weight excluding hydrogens is 356 g/mol. The van der Waals surface area contributed by atoms with Gasteiger partial charge in [-0.05, 0) is 32.4 Å². The van der Waals surface area contributed by atoms with Gasteiger partial charge in [-0.1, -0.05) is 23.4 Å². The summed E-state index contributed by atoms with van der Waals surface area (Å²) >= 11 is 0. The molecule has 140 valence electrons. The smallest absolute Gasteiger partial charge is 0.321 e. The number of urea groups is 1. The number of benzene rings is 1. The normalized spacial score (nSPS) is 16.3. The third-order valence-electron chi connectivity index (χ3n) is 4.33. The van der Waals surface area contributed by atoms with Crippen molar-refractivity contribution in [3.63, 3.8) is 0 Å². The molecule has 26 heavy (non-hydrogen) atoms. The maximum absolute atomic E-state index is 12.9. The quantitative estimate of drug-likeness (QED) is 0.883. The van der Waals surface area contributed by atoms with Gasteiger partial charge in [0.25, 0.3) is 0 Å². The van der Waals surface area contributed by atoms with Crippen LogP contribution >= 0.6 is 0 Å². The Kier molecular flexibility index (Phi) is 5.28. The van der Waals surface area contributed by atoms with Crippen LogP contribution < -0.4 is 5.32 Å². The molecule has 1 aromatic heterocycles. The van der Waals surface area contributed by atoms with Crippen molar-refractivity contribution in [2.75, 3.05) is 31.5 Å². The fourth-order valence-electron chi connectivity index (χ4n) is 3.03. The lowest BCUT2D eigenvalue weighted by Crippen LogP contribution is -2.39. The minimum atomic E-state index is -3.69. The topological polar surface area (TPSA) is 95.8 Å². The molecular formula is C17H22N4O4S. The van der Waals surface area contributed by atoms with Crippen molar-refractivity contribution < 1.29 is 17.7 Å². The monoisotopic (exact) mass is 378 g/mol. The Morgan fingerprint density at radius 2 is 1.85 bits per heavy atom. The van der Waals surface area contributed by atoms with Gasteiger partial charge in [0.1, 0.15) is 10.6 Å². The van der Waals surface area contributed by atoms with Crippen LogP contribution in [0.25, 0.3) is 0 Å². The van der Waals surface area contributed by atoms with E-state index in [-0.39, 0.29) is 23.2 Å². The van der Waals surface area contributed by atoms with Crippen LogP contribution in [0.15, 0.2) is 39.8 Å². The molecule has 2 heterocycles. The highest BCUT2D eigenvalue weighted by molar-refractivity contribution is 7.89. The Labute approximate surface area is 152 Å². The van der Waals surface area contributed by atoms with E-state index in [0.29, 0.717) is 37.4 Å². The highest BCUT2D eigenvalue weighted by atomic mass is 32.2. The number of nitrogens with zero attached hydrogens (tertiary/aromatic N) is 3. The number of carbonyl (C=O) groups is 1. The predicted molar refractivity (Wildman–Crippen MR) is 96.4 cm³/mol. The van der Waals surface area contributed by atoms with E-state index in [4.69, 9.17) is 4.52 Å². The number of hydrogen-bond donors (Lipinski definition) is 1. The van der Waals surface area contributed by atoms with Crippen molar-refractivity contribution in [1.29, 1.82) is 0 Å². The van der Waals surface area contributed by atoms with Crippen molar-refractivity contribution in [1.82, 2.24) is 14.4 Å². The van der Waals surface area contributed by atoms with Crippen LogP contribution in [0, 0.1) is 13.8 Å². The summed E-state index contributed by atoms with van der Waals surface area (Å²) in [4.78, 5) is 14.2. The van der Waals surface area contributed by atoms with Crippen LogP contribution in [0.2, 0.25) is 0 Å². The van der Waals surface area contributed by atoms with Gasteiger partial charge in [0.05, 0.1) is 0 Å². The van der Waals surface area contributed by atoms with Crippen molar-refractivity contribution in [3.8, 4) is 0 Å². The first-order chi connectivity index (χ1) is 12.4. The van der Waals surface area contributed by atoms with E-state index in [2.05, 4.69) is 10.5 Å². The molecule has 1 aliphatic rings. The van der Waals surface area contributed by atoms with E-state index in [9.17, 15) is 13.2 Å². The second-order valence-corrected chi connectivity index (χ2v) is 8.07. The Bertz CT molecular complexity index is 860. The predicted octanol–water partition coefficient (Wildman–Crippen LogP) is 2.22. The standard InChI is InChI=1S/C17H22N4O4S/c1-13-16(14(2)25-19-13)26(23,24)21-10-6-9-20(11-12-21)17(22)18-15-7-4-3-5-8-15/h3-5,7-8H,6,9-12H2,1-2H3,(H,18,22). The van der Waals surface area contributed by atoms with E-state index in [1.54, 1.807) is 18.7 Å². The zero-order valence-electron chi connectivity index (χ0n) is 14.8. The average molecular weight is 378 g/mol. The summed E-state index contributed by atoms with van der Waals surface area (Å²) in [5.41, 5.74) is 1.06. The minimum absolute atomic E-state index is 0.125. The van der Waals surface area contributed by atoms with Crippen LogP contribution in [0.3, 0.4) is 0 Å². The number of rotatable bonds is 3. The fraction of sp³-hybridized carbons (Fsp3) is 0.412. The molecule has 1 fully saturated rings. The van der Waals surface area contributed by atoms with Crippen molar-refractivity contribution in [3.05, 3.63) is 41.8 Å². The lowest BCUT2D eigenvalue weighted by atomic mass is 10.3. The van der Waals surface area contributed by atoms with E-state index in [1.165, 1.54) is 4.31 Å². The van der Waals surface area contributed by atoms with E-state index >= 15 is 0 Å². The molecule has 1 aromatic carbocycles. The zero-order chi connectivity index (χ0) is 18.7. The molecule has 0 atom stereocenters. The molecule has 0 spiro atoms. The highest BCUT2D eigenvalue weighted by Gasteiger charge is 2.32. The fourth-order valence-corrected chi connectivity index (χ4v) is 4.79. The lowest BCUT2D eigenvalue weighted by Gasteiger charge is -2.22. The number of hydrogen-bond acceptors (Lipinski definition) is 5. The summed E-state index contributed by atoms with van der Waals surface area (Å²) in [5.74, 6) is 0.283. The first-order valence-electron chi connectivity index (χ1n) is 8.43. The summed E-state index contributed by atoms with van der Waals surface area (Å²) < 4.78 is 32.2. The molecule has 0 aliphatic carbocycles. The number of aromatic nitrogens is 1. The van der Waals surface area contributed by atoms with E-state index in [1.807, 2.05) is 30.3 Å². The summed E-state index contributed by atoms with van der Waals surface area (Å²) in [6.45, 7) is 4.59. The molecule has 2 amide bonds. The van der Waals surface area contributed by atoms with Crippen molar-refractivity contribution in [2.24, 2.45) is 0 Å². The third-order valence-corrected chi connectivity index (χ3v) is 6.48. The van der Waals surface area contributed by atoms with Gasteiger partial charge in [-0.2, -0.15) is 4.31 Å². The van der Waals surface area contributed by atoms with E-state index < -0.39 is 10.0 Å². The van der Waals surface area contributed by atoms with Gasteiger partial charge in [0.2, 0.25) is 10.0 Å². The van der Waals surface area contributed by atoms with Crippen LogP contribution in [0.4, 0.5) is 10.5 Å². The van der Waals surface area contributed by atoms with Crippen molar-refractivity contribution >= 4 is 21.7 Å². The van der Waals surface area contributed by atoms with Crippen molar-refractivity contribution in [2.45, 2.75) is 25.2 Å². The molecule has 9 heteroatoms. The Balaban J connectivity index is 1.69. The zero-order valence-corrected chi connectivity index (χ0v) is 15.6. The van der Waals surface area contributed by atoms with Gasteiger partial charge in [0, 0.05) is 31.9 Å². The SMILES string of the molecule is Cc1noc(C)c1S(=O)(=O)N1CCCN(C(=O)Nc2ccccc2)CC1. The lowest BCUT2D eigenvalue weighted by molar-refractivity contribution is 0.214. The maximum atomic E-state index is 12.9. The average Bonchev–Trinajstić information content (AvgIpc) is 2.82. The van der Waals surface area contributed by atoms with Gasteiger partial charge in [-0.15, -0.1) is 0 Å². The highest BCUT2D eigenvalue weighted by Crippen LogP contribution is 2.24. The number of nitrogens with one attached hydrogen (secondary N) is 1. The number of para-hydroxylation sites is 1. The Morgan fingerprint density at radius 1 is 1.12 bits per heavy atom. The van der Waals surface area contributed by atoms with Gasteiger partial charge in [-0.3, -0.25) is 0 Å². The number of carbonyl (C=O) groups excluding carboxylic acids is 1. The molecule has 0 saturated carbocycles. The molecule has 0 radical (unpaired) electrons. The largest absolute Gasteiger partial charge is 0.360 e. The van der Waals surface area contributed by atoms with Crippen LogP contribution in [-0.4, -0.2) is 55.0 Å². The van der Waals surface area contributed by atoms with E-state index in [0.717, 1.165) is 0 Å². The number of aryl methyl sites for hydroxylation is 2. The molecule has 1 saturated heterocycles. The second-order valence-electron chi connectivity index (χ2n) is 6.19. The molecule has 0 unspecified atom stereocenters. The first-order valence-corrected chi connectivity index (χ1v) is 9.87. The minimum Gasteiger partial charge on any atom is -0.360 e. The van der Waals surface area contributed by atoms with Gasteiger partial charge < -0.3 is 14.7 Å². The summed E-state index contributed by atoms with van der Waals surface area (Å²) in [6, 6.07) is 8.95. The molecule has 0 bridgehead atoms. The van der Waals surface area contributed by atoms with Crippen LogP contribution in [-0.2, 0) is 10.0 Å². The Morgan fingerprint density at radius 3 is 2.50 bits per heavy atom. The molecule has 8 nitrogen and oxygen atoms in total. The summed E-state index contributed by atoms with van der Waals surface area (Å²) in [6.07, 6.45) is 0.560. The molecule has 1 aliphatic heterocycles. The van der Waals surface area contributed by atoms with Crippen LogP contribution in [0.5, 0.6) is 0 Å². The molecule has 2 aromatic rings. The first kappa shape index (κ1) is 18.4. The van der Waals surface area contributed by atoms with Gasteiger partial charge in [-0.25, -0.2) is 13.2 Å². The van der Waals surface area contributed by atoms with Gasteiger partial charge >= 0.3 is 6.03 Å². The number of amides is 2. The number of sulfonamides is 1. The van der Waals surface area contributed by atoms with Gasteiger partial charge in [0.15, 0.2) is 5.76 Å². The molecule has 3 rings (SSSR count). The third kappa shape index (κ3) is 3.73. The maximum Gasteiger partial charge on any atom is 0.321 e. The number of anilines is 1. The second kappa shape index (κ2) is 7.46. The summed E-state index contributed by atoms with van der Waals surface area (Å²) in [5, 5.41) is 6.57. The van der Waals surface area contributed by atoms with Crippen LogP contribution in [0.1, 0.15) is 17.9 Å². The summed E-state index contributed by atoms with van der Waals surface area (Å²) in [7, 11) is -3.69.